The monoisotopic (exact) mass is 313 g/mol. The molecule has 0 saturated heterocycles. The quantitative estimate of drug-likeness (QED) is 0.826. The minimum Gasteiger partial charge on any atom is -0.493 e. The summed E-state index contributed by atoms with van der Waals surface area (Å²) in [6, 6.07) is 13.5. The number of ether oxygens (including phenoxy) is 1. The summed E-state index contributed by atoms with van der Waals surface area (Å²) in [5, 5.41) is 12.1. The lowest BCUT2D eigenvalue weighted by Crippen LogP contribution is -2.25. The van der Waals surface area contributed by atoms with Gasteiger partial charge >= 0.3 is 0 Å². The number of benzene rings is 2. The fourth-order valence-electron chi connectivity index (χ4n) is 2.44. The maximum absolute atomic E-state index is 11.9. The second kappa shape index (κ2) is 8.34. The molecule has 0 heterocycles. The highest BCUT2D eigenvalue weighted by molar-refractivity contribution is 5.76. The first-order valence-corrected chi connectivity index (χ1v) is 7.74. The van der Waals surface area contributed by atoms with E-state index in [0.29, 0.717) is 19.6 Å². The highest BCUT2D eigenvalue weighted by Gasteiger charge is 2.05. The van der Waals surface area contributed by atoms with E-state index in [-0.39, 0.29) is 12.5 Å². The van der Waals surface area contributed by atoms with Gasteiger partial charge in [-0.15, -0.1) is 0 Å². The summed E-state index contributed by atoms with van der Waals surface area (Å²) in [6.45, 7) is 4.77. The Morgan fingerprint density at radius 1 is 1.09 bits per heavy atom. The SMILES string of the molecule is Cc1cc(C)cc(OCCC(=O)NCc2ccccc2CO)c1. The van der Waals surface area contributed by atoms with Crippen molar-refractivity contribution in [3.8, 4) is 5.75 Å². The Balaban J connectivity index is 1.77. The predicted octanol–water partition coefficient (Wildman–Crippen LogP) is 2.88. The van der Waals surface area contributed by atoms with Crippen LogP contribution >= 0.6 is 0 Å². The molecule has 2 aromatic rings. The maximum Gasteiger partial charge on any atom is 0.223 e. The van der Waals surface area contributed by atoms with E-state index in [1.807, 2.05) is 50.2 Å². The van der Waals surface area contributed by atoms with Crippen LogP contribution in [0.4, 0.5) is 0 Å². The van der Waals surface area contributed by atoms with Crippen molar-refractivity contribution >= 4 is 5.91 Å². The van der Waals surface area contributed by atoms with Gasteiger partial charge in [0.1, 0.15) is 5.75 Å². The van der Waals surface area contributed by atoms with E-state index in [9.17, 15) is 9.90 Å². The van der Waals surface area contributed by atoms with Crippen molar-refractivity contribution in [2.45, 2.75) is 33.4 Å². The average molecular weight is 313 g/mol. The van der Waals surface area contributed by atoms with Gasteiger partial charge in [-0.3, -0.25) is 4.79 Å². The molecule has 2 N–H and O–H groups in total. The topological polar surface area (TPSA) is 58.6 Å². The zero-order valence-corrected chi connectivity index (χ0v) is 13.6. The van der Waals surface area contributed by atoms with Crippen molar-refractivity contribution in [1.29, 1.82) is 0 Å². The molecule has 0 aliphatic carbocycles. The minimum absolute atomic E-state index is 0.0259. The van der Waals surface area contributed by atoms with Crippen molar-refractivity contribution in [2.24, 2.45) is 0 Å². The van der Waals surface area contributed by atoms with Crippen molar-refractivity contribution in [2.75, 3.05) is 6.61 Å². The molecular weight excluding hydrogens is 290 g/mol. The third-order valence-corrected chi connectivity index (χ3v) is 3.56. The Kier molecular flexibility index (Phi) is 6.18. The van der Waals surface area contributed by atoms with E-state index < -0.39 is 0 Å². The lowest BCUT2D eigenvalue weighted by Gasteiger charge is -2.10. The molecular formula is C19H23NO3. The number of aryl methyl sites for hydroxylation is 2. The fraction of sp³-hybridized carbons (Fsp3) is 0.316. The first-order valence-electron chi connectivity index (χ1n) is 7.74. The molecule has 0 aromatic heterocycles. The van der Waals surface area contributed by atoms with Crippen LogP contribution in [0.25, 0.3) is 0 Å². The second-order valence-corrected chi connectivity index (χ2v) is 5.63. The molecule has 0 radical (unpaired) electrons. The van der Waals surface area contributed by atoms with Gasteiger partial charge in [0.15, 0.2) is 0 Å². The molecule has 2 rings (SSSR count). The fourth-order valence-corrected chi connectivity index (χ4v) is 2.44. The molecule has 0 bridgehead atoms. The third kappa shape index (κ3) is 5.42. The zero-order valence-electron chi connectivity index (χ0n) is 13.6. The summed E-state index contributed by atoms with van der Waals surface area (Å²) >= 11 is 0. The lowest BCUT2D eigenvalue weighted by atomic mass is 10.1. The van der Waals surface area contributed by atoms with E-state index >= 15 is 0 Å². The Labute approximate surface area is 137 Å². The van der Waals surface area contributed by atoms with E-state index in [1.54, 1.807) is 0 Å². The number of hydrogen-bond donors (Lipinski definition) is 2. The van der Waals surface area contributed by atoms with Crippen molar-refractivity contribution < 1.29 is 14.6 Å². The Bertz CT molecular complexity index is 647. The van der Waals surface area contributed by atoms with E-state index in [2.05, 4.69) is 11.4 Å². The highest BCUT2D eigenvalue weighted by Crippen LogP contribution is 2.16. The Morgan fingerprint density at radius 2 is 1.74 bits per heavy atom. The number of rotatable bonds is 7. The largest absolute Gasteiger partial charge is 0.493 e. The predicted molar refractivity (Wildman–Crippen MR) is 90.2 cm³/mol. The summed E-state index contributed by atoms with van der Waals surface area (Å²) in [4.78, 5) is 11.9. The summed E-state index contributed by atoms with van der Waals surface area (Å²) in [5.74, 6) is 0.725. The molecule has 0 aliphatic heterocycles. The molecule has 122 valence electrons. The molecule has 0 fully saturated rings. The molecule has 0 unspecified atom stereocenters. The lowest BCUT2D eigenvalue weighted by molar-refractivity contribution is -0.121. The van der Waals surface area contributed by atoms with Gasteiger partial charge in [-0.25, -0.2) is 0 Å². The molecule has 0 saturated carbocycles. The number of hydrogen-bond acceptors (Lipinski definition) is 3. The van der Waals surface area contributed by atoms with Gasteiger partial charge in [0.2, 0.25) is 5.91 Å². The molecule has 1 amide bonds. The van der Waals surface area contributed by atoms with Crippen molar-refractivity contribution in [1.82, 2.24) is 5.32 Å². The van der Waals surface area contributed by atoms with Crippen LogP contribution in [0, 0.1) is 13.8 Å². The number of amides is 1. The number of carbonyl (C=O) groups is 1. The summed E-state index contributed by atoms with van der Waals surface area (Å²) < 4.78 is 5.63. The van der Waals surface area contributed by atoms with Crippen LogP contribution in [0.2, 0.25) is 0 Å². The summed E-state index contributed by atoms with van der Waals surface area (Å²) in [5.41, 5.74) is 4.05. The first-order chi connectivity index (χ1) is 11.1. The average Bonchev–Trinajstić information content (AvgIpc) is 2.52. The Morgan fingerprint density at radius 3 is 2.39 bits per heavy atom. The van der Waals surface area contributed by atoms with E-state index in [4.69, 9.17) is 4.74 Å². The standard InChI is InChI=1S/C19H23NO3/c1-14-9-15(2)11-18(10-14)23-8-7-19(22)20-12-16-5-3-4-6-17(16)13-21/h3-6,9-11,21H,7-8,12-13H2,1-2H3,(H,20,22). The summed E-state index contributed by atoms with van der Waals surface area (Å²) in [6.07, 6.45) is 0.300. The van der Waals surface area contributed by atoms with Crippen molar-refractivity contribution in [3.63, 3.8) is 0 Å². The molecule has 4 heteroatoms. The number of nitrogens with one attached hydrogen (secondary N) is 1. The molecule has 2 aromatic carbocycles. The highest BCUT2D eigenvalue weighted by atomic mass is 16.5. The third-order valence-electron chi connectivity index (χ3n) is 3.56. The maximum atomic E-state index is 11.9. The molecule has 23 heavy (non-hydrogen) atoms. The second-order valence-electron chi connectivity index (χ2n) is 5.63. The van der Waals surface area contributed by atoms with E-state index in [0.717, 1.165) is 28.0 Å². The van der Waals surface area contributed by atoms with Crippen LogP contribution in [-0.2, 0) is 17.9 Å². The normalized spacial score (nSPS) is 10.4. The van der Waals surface area contributed by atoms with Gasteiger partial charge in [0.25, 0.3) is 0 Å². The summed E-state index contributed by atoms with van der Waals surface area (Å²) in [7, 11) is 0. The molecule has 0 atom stereocenters. The number of aliphatic hydroxyl groups excluding tert-OH is 1. The zero-order chi connectivity index (χ0) is 16.7. The van der Waals surface area contributed by atoms with Crippen LogP contribution in [0.3, 0.4) is 0 Å². The van der Waals surface area contributed by atoms with Crippen LogP contribution in [0.5, 0.6) is 5.75 Å². The van der Waals surface area contributed by atoms with Gasteiger partial charge in [0.05, 0.1) is 19.6 Å². The molecule has 0 aliphatic rings. The van der Waals surface area contributed by atoms with Gasteiger partial charge < -0.3 is 15.2 Å². The first kappa shape index (κ1) is 17.0. The van der Waals surface area contributed by atoms with E-state index in [1.165, 1.54) is 0 Å². The van der Waals surface area contributed by atoms with Gasteiger partial charge in [-0.1, -0.05) is 30.3 Å². The number of aliphatic hydroxyl groups is 1. The van der Waals surface area contributed by atoms with Crippen LogP contribution in [0.1, 0.15) is 28.7 Å². The van der Waals surface area contributed by atoms with Gasteiger partial charge in [-0.2, -0.15) is 0 Å². The van der Waals surface area contributed by atoms with Gasteiger partial charge in [0, 0.05) is 6.54 Å². The molecule has 0 spiro atoms. The number of carbonyl (C=O) groups excluding carboxylic acids is 1. The minimum atomic E-state index is -0.0675. The van der Waals surface area contributed by atoms with Crippen LogP contribution < -0.4 is 10.1 Å². The van der Waals surface area contributed by atoms with Gasteiger partial charge in [-0.05, 0) is 48.2 Å². The smallest absolute Gasteiger partial charge is 0.223 e. The van der Waals surface area contributed by atoms with Crippen LogP contribution in [-0.4, -0.2) is 17.6 Å². The Hall–Kier alpha value is -2.33. The molecule has 4 nitrogen and oxygen atoms in total. The van der Waals surface area contributed by atoms with Crippen molar-refractivity contribution in [3.05, 3.63) is 64.7 Å². The van der Waals surface area contributed by atoms with Crippen LogP contribution in [0.15, 0.2) is 42.5 Å².